The molecule has 1 N–H and O–H groups in total. The lowest BCUT2D eigenvalue weighted by Gasteiger charge is -2.23. The molecule has 1 aromatic carbocycles. The van der Waals surface area contributed by atoms with Crippen molar-refractivity contribution >= 4 is 40.7 Å². The Morgan fingerprint density at radius 2 is 1.95 bits per heavy atom. The van der Waals surface area contributed by atoms with Crippen molar-refractivity contribution in [3.05, 3.63) is 28.2 Å². The topological polar surface area (TPSA) is 49.4 Å². The molecule has 21 heavy (non-hydrogen) atoms. The summed E-state index contributed by atoms with van der Waals surface area (Å²) in [5.74, 6) is -0.422. The Labute approximate surface area is 134 Å². The zero-order valence-corrected chi connectivity index (χ0v) is 13.4. The maximum atomic E-state index is 12.1. The molecule has 0 heterocycles. The number of carbonyl (C=O) groups is 2. The first-order valence-electron chi connectivity index (χ1n) is 7.00. The van der Waals surface area contributed by atoms with Crippen LogP contribution in [0.5, 0.6) is 0 Å². The largest absolute Gasteiger partial charge is 0.352 e. The summed E-state index contributed by atoms with van der Waals surface area (Å²) in [5, 5.41) is 3.82. The molecule has 0 unspecified atom stereocenters. The number of amides is 2. The van der Waals surface area contributed by atoms with E-state index in [0.29, 0.717) is 15.7 Å². The van der Waals surface area contributed by atoms with Gasteiger partial charge in [-0.1, -0.05) is 36.0 Å². The lowest BCUT2D eigenvalue weighted by molar-refractivity contribution is -0.123. The SMILES string of the molecule is CC(=O)N(CC(=O)NC1CCCC1)c1cc(Cl)ccc1Cl. The molecule has 4 nitrogen and oxygen atoms in total. The second-order valence-corrected chi connectivity index (χ2v) is 6.09. The molecule has 1 saturated carbocycles. The van der Waals surface area contributed by atoms with Crippen LogP contribution >= 0.6 is 23.2 Å². The number of benzene rings is 1. The van der Waals surface area contributed by atoms with Gasteiger partial charge in [-0.05, 0) is 31.0 Å². The average molecular weight is 329 g/mol. The van der Waals surface area contributed by atoms with Gasteiger partial charge < -0.3 is 10.2 Å². The molecule has 2 rings (SSSR count). The smallest absolute Gasteiger partial charge is 0.240 e. The summed E-state index contributed by atoms with van der Waals surface area (Å²) in [6, 6.07) is 5.07. The standard InChI is InChI=1S/C15H18Cl2N2O2/c1-10(20)19(14-8-11(16)6-7-13(14)17)9-15(21)18-12-4-2-3-5-12/h6-8,12H,2-5,9H2,1H3,(H,18,21). The second kappa shape index (κ2) is 7.14. The van der Waals surface area contributed by atoms with Crippen LogP contribution in [0.25, 0.3) is 0 Å². The summed E-state index contributed by atoms with van der Waals surface area (Å²) in [6.07, 6.45) is 4.29. The highest BCUT2D eigenvalue weighted by atomic mass is 35.5. The molecule has 1 fully saturated rings. The van der Waals surface area contributed by atoms with Gasteiger partial charge in [0, 0.05) is 18.0 Å². The second-order valence-electron chi connectivity index (χ2n) is 5.25. The summed E-state index contributed by atoms with van der Waals surface area (Å²) < 4.78 is 0. The summed E-state index contributed by atoms with van der Waals surface area (Å²) in [6.45, 7) is 1.35. The zero-order chi connectivity index (χ0) is 15.4. The monoisotopic (exact) mass is 328 g/mol. The molecule has 0 aliphatic heterocycles. The van der Waals surface area contributed by atoms with Gasteiger partial charge in [-0.2, -0.15) is 0 Å². The van der Waals surface area contributed by atoms with E-state index in [1.165, 1.54) is 11.8 Å². The van der Waals surface area contributed by atoms with Crippen LogP contribution in [0.15, 0.2) is 18.2 Å². The van der Waals surface area contributed by atoms with Gasteiger partial charge in [-0.3, -0.25) is 9.59 Å². The van der Waals surface area contributed by atoms with E-state index >= 15 is 0 Å². The predicted molar refractivity (Wildman–Crippen MR) is 84.9 cm³/mol. The van der Waals surface area contributed by atoms with E-state index in [2.05, 4.69) is 5.32 Å². The quantitative estimate of drug-likeness (QED) is 0.920. The summed E-state index contributed by atoms with van der Waals surface area (Å²) in [7, 11) is 0. The van der Waals surface area contributed by atoms with Crippen molar-refractivity contribution in [2.45, 2.75) is 38.6 Å². The average Bonchev–Trinajstić information content (AvgIpc) is 2.91. The van der Waals surface area contributed by atoms with Crippen molar-refractivity contribution in [3.63, 3.8) is 0 Å². The van der Waals surface area contributed by atoms with Crippen LogP contribution in [0.1, 0.15) is 32.6 Å². The number of hydrogen-bond acceptors (Lipinski definition) is 2. The van der Waals surface area contributed by atoms with E-state index in [1.54, 1.807) is 18.2 Å². The van der Waals surface area contributed by atoms with Gasteiger partial charge in [-0.25, -0.2) is 0 Å². The first-order chi connectivity index (χ1) is 9.97. The highest BCUT2D eigenvalue weighted by molar-refractivity contribution is 6.35. The minimum Gasteiger partial charge on any atom is -0.352 e. The van der Waals surface area contributed by atoms with Crippen LogP contribution < -0.4 is 10.2 Å². The molecule has 1 aliphatic rings. The van der Waals surface area contributed by atoms with Crippen LogP contribution in [0.2, 0.25) is 10.0 Å². The molecule has 0 aromatic heterocycles. The number of rotatable bonds is 4. The maximum absolute atomic E-state index is 12.1. The fraction of sp³-hybridized carbons (Fsp3) is 0.467. The van der Waals surface area contributed by atoms with E-state index in [0.717, 1.165) is 25.7 Å². The van der Waals surface area contributed by atoms with Crippen LogP contribution in [0.4, 0.5) is 5.69 Å². The van der Waals surface area contributed by atoms with Gasteiger partial charge in [0.05, 0.1) is 10.7 Å². The minimum atomic E-state index is -0.249. The maximum Gasteiger partial charge on any atom is 0.240 e. The Kier molecular flexibility index (Phi) is 5.48. The van der Waals surface area contributed by atoms with Crippen LogP contribution in [0, 0.1) is 0 Å². The van der Waals surface area contributed by atoms with Gasteiger partial charge in [0.2, 0.25) is 11.8 Å². The van der Waals surface area contributed by atoms with Crippen molar-refractivity contribution in [3.8, 4) is 0 Å². The van der Waals surface area contributed by atoms with Gasteiger partial charge in [0.25, 0.3) is 0 Å². The number of halogens is 2. The Morgan fingerprint density at radius 3 is 2.57 bits per heavy atom. The summed E-state index contributed by atoms with van der Waals surface area (Å²) in [5.41, 5.74) is 0.457. The van der Waals surface area contributed by atoms with E-state index in [-0.39, 0.29) is 24.4 Å². The van der Waals surface area contributed by atoms with Crippen LogP contribution in [-0.4, -0.2) is 24.4 Å². The number of nitrogens with one attached hydrogen (secondary N) is 1. The molecular weight excluding hydrogens is 311 g/mol. The molecule has 1 aromatic rings. The highest BCUT2D eigenvalue weighted by Crippen LogP contribution is 2.29. The Morgan fingerprint density at radius 1 is 1.29 bits per heavy atom. The number of anilines is 1. The summed E-state index contributed by atoms with van der Waals surface area (Å²) >= 11 is 12.0. The normalized spacial score (nSPS) is 15.0. The van der Waals surface area contributed by atoms with E-state index in [1.807, 2.05) is 0 Å². The van der Waals surface area contributed by atoms with E-state index in [9.17, 15) is 9.59 Å². The van der Waals surface area contributed by atoms with E-state index < -0.39 is 0 Å². The Hall–Kier alpha value is -1.26. The molecule has 0 bridgehead atoms. The Balaban J connectivity index is 2.09. The van der Waals surface area contributed by atoms with E-state index in [4.69, 9.17) is 23.2 Å². The van der Waals surface area contributed by atoms with Crippen molar-refractivity contribution in [1.29, 1.82) is 0 Å². The first-order valence-corrected chi connectivity index (χ1v) is 7.75. The molecule has 0 saturated heterocycles. The number of carbonyl (C=O) groups excluding carboxylic acids is 2. The lowest BCUT2D eigenvalue weighted by atomic mass is 10.2. The minimum absolute atomic E-state index is 0.0497. The molecule has 0 spiro atoms. The fourth-order valence-corrected chi connectivity index (χ4v) is 2.93. The van der Waals surface area contributed by atoms with Crippen molar-refractivity contribution in [2.24, 2.45) is 0 Å². The van der Waals surface area contributed by atoms with Gasteiger partial charge in [-0.15, -0.1) is 0 Å². The number of hydrogen-bond donors (Lipinski definition) is 1. The van der Waals surface area contributed by atoms with Crippen molar-refractivity contribution in [1.82, 2.24) is 5.32 Å². The third kappa shape index (κ3) is 4.35. The van der Waals surface area contributed by atoms with Gasteiger partial charge >= 0.3 is 0 Å². The zero-order valence-electron chi connectivity index (χ0n) is 11.9. The molecule has 0 radical (unpaired) electrons. The number of nitrogens with zero attached hydrogens (tertiary/aromatic N) is 1. The molecule has 0 atom stereocenters. The lowest BCUT2D eigenvalue weighted by Crippen LogP contribution is -2.43. The van der Waals surface area contributed by atoms with Crippen molar-refractivity contribution < 1.29 is 9.59 Å². The summed E-state index contributed by atoms with van der Waals surface area (Å²) in [4.78, 5) is 25.3. The molecular formula is C15H18Cl2N2O2. The van der Waals surface area contributed by atoms with Crippen LogP contribution in [0.3, 0.4) is 0 Å². The van der Waals surface area contributed by atoms with Gasteiger partial charge in [0.15, 0.2) is 0 Å². The highest BCUT2D eigenvalue weighted by Gasteiger charge is 2.22. The predicted octanol–water partition coefficient (Wildman–Crippen LogP) is 3.41. The molecule has 2 amide bonds. The Bertz CT molecular complexity index is 542. The van der Waals surface area contributed by atoms with Crippen molar-refractivity contribution in [2.75, 3.05) is 11.4 Å². The third-order valence-electron chi connectivity index (χ3n) is 3.60. The third-order valence-corrected chi connectivity index (χ3v) is 4.16. The fourth-order valence-electron chi connectivity index (χ4n) is 2.55. The van der Waals surface area contributed by atoms with Crippen LogP contribution in [-0.2, 0) is 9.59 Å². The molecule has 6 heteroatoms. The van der Waals surface area contributed by atoms with Gasteiger partial charge in [0.1, 0.15) is 6.54 Å². The first kappa shape index (κ1) is 16.1. The molecule has 114 valence electrons. The molecule has 1 aliphatic carbocycles.